The molecule has 2 aliphatic rings. The lowest BCUT2D eigenvalue weighted by Crippen LogP contribution is -2.49. The number of piperidine rings is 1. The van der Waals surface area contributed by atoms with Gasteiger partial charge in [-0.2, -0.15) is 0 Å². The predicted octanol–water partition coefficient (Wildman–Crippen LogP) is 3.77. The van der Waals surface area contributed by atoms with Gasteiger partial charge in [0.05, 0.1) is 6.42 Å². The van der Waals surface area contributed by atoms with Gasteiger partial charge >= 0.3 is 0 Å². The van der Waals surface area contributed by atoms with Crippen molar-refractivity contribution in [3.8, 4) is 0 Å². The lowest BCUT2D eigenvalue weighted by Gasteiger charge is -2.35. The fourth-order valence-corrected chi connectivity index (χ4v) is 4.24. The molecule has 2 atom stereocenters. The summed E-state index contributed by atoms with van der Waals surface area (Å²) in [6, 6.07) is 9.16. The molecule has 6 heteroatoms. The summed E-state index contributed by atoms with van der Waals surface area (Å²) >= 11 is 0. The van der Waals surface area contributed by atoms with Gasteiger partial charge in [-0.3, -0.25) is 9.59 Å². The topological polar surface area (TPSA) is 61.4 Å². The predicted molar refractivity (Wildman–Crippen MR) is 116 cm³/mol. The van der Waals surface area contributed by atoms with E-state index < -0.39 is 0 Å². The Morgan fingerprint density at radius 1 is 1.11 bits per heavy atom. The molecule has 0 radical (unpaired) electrons. The van der Waals surface area contributed by atoms with E-state index in [1.165, 1.54) is 12.8 Å². The van der Waals surface area contributed by atoms with E-state index in [9.17, 15) is 9.59 Å². The summed E-state index contributed by atoms with van der Waals surface area (Å²) in [5.74, 6) is 0.192. The molecule has 2 heterocycles. The number of fused-ring (bicyclic) bond motifs is 2. The first-order valence-corrected chi connectivity index (χ1v) is 10.1. The number of likely N-dealkylation sites (N-methyl/N-ethyl adjacent to an activating group) is 1. The van der Waals surface area contributed by atoms with Gasteiger partial charge in [0.25, 0.3) is 0 Å². The van der Waals surface area contributed by atoms with Crippen LogP contribution in [0.3, 0.4) is 0 Å². The normalized spacial score (nSPS) is 23.6. The number of halogens is 1. The van der Waals surface area contributed by atoms with Gasteiger partial charge in [0.1, 0.15) is 0 Å². The van der Waals surface area contributed by atoms with Crippen LogP contribution in [0, 0.1) is 5.41 Å². The summed E-state index contributed by atoms with van der Waals surface area (Å²) < 4.78 is 0. The third-order valence-electron chi connectivity index (χ3n) is 5.67. The average molecular weight is 408 g/mol. The van der Waals surface area contributed by atoms with Crippen LogP contribution in [0.5, 0.6) is 0 Å². The van der Waals surface area contributed by atoms with Crippen molar-refractivity contribution in [2.75, 3.05) is 12.4 Å². The zero-order valence-electron chi connectivity index (χ0n) is 17.5. The molecular formula is C22H34ClN3O2. The van der Waals surface area contributed by atoms with Gasteiger partial charge in [0, 0.05) is 37.3 Å². The van der Waals surface area contributed by atoms with Gasteiger partial charge in [0.15, 0.2) is 0 Å². The maximum Gasteiger partial charge on any atom is 0.226 e. The molecule has 0 spiro atoms. The molecule has 1 aromatic rings. The maximum absolute atomic E-state index is 12.7. The van der Waals surface area contributed by atoms with Crippen molar-refractivity contribution >= 4 is 29.9 Å². The number of hydrogen-bond donors (Lipinski definition) is 2. The third kappa shape index (κ3) is 6.21. The molecule has 28 heavy (non-hydrogen) atoms. The molecule has 0 aromatic heterocycles. The Balaban J connectivity index is 0.00000280. The minimum absolute atomic E-state index is 0. The van der Waals surface area contributed by atoms with Crippen LogP contribution >= 0.6 is 12.4 Å². The van der Waals surface area contributed by atoms with Crippen LogP contribution in [0.2, 0.25) is 0 Å². The van der Waals surface area contributed by atoms with E-state index in [4.69, 9.17) is 0 Å². The van der Waals surface area contributed by atoms with Crippen LogP contribution in [0.25, 0.3) is 0 Å². The molecule has 2 bridgehead atoms. The first-order valence-electron chi connectivity index (χ1n) is 10.1. The number of benzene rings is 1. The molecule has 1 aromatic carbocycles. The minimum Gasteiger partial charge on any atom is -0.342 e. The minimum atomic E-state index is -0.0326. The quantitative estimate of drug-likeness (QED) is 0.781. The Morgan fingerprint density at radius 2 is 1.68 bits per heavy atom. The monoisotopic (exact) mass is 407 g/mol. The SMILES string of the molecule is CN(C(=O)Cc1ccc(NC(=O)CC(C)(C)C)cc1)C1CC2CCC(C1)N2.Cl. The number of nitrogens with zero attached hydrogens (tertiary/aromatic N) is 1. The Bertz CT molecular complexity index is 672. The zero-order chi connectivity index (χ0) is 19.6. The Labute approximate surface area is 175 Å². The van der Waals surface area contributed by atoms with Crippen molar-refractivity contribution in [3.05, 3.63) is 29.8 Å². The molecule has 2 aliphatic heterocycles. The Kier molecular flexibility index (Phi) is 7.52. The second-order valence-corrected chi connectivity index (χ2v) is 9.43. The number of amides is 2. The number of nitrogens with one attached hydrogen (secondary N) is 2. The highest BCUT2D eigenvalue weighted by Crippen LogP contribution is 2.29. The van der Waals surface area contributed by atoms with Crippen molar-refractivity contribution in [1.82, 2.24) is 10.2 Å². The van der Waals surface area contributed by atoms with Crippen molar-refractivity contribution in [3.63, 3.8) is 0 Å². The molecule has 2 saturated heterocycles. The lowest BCUT2D eigenvalue weighted by atomic mass is 9.92. The Morgan fingerprint density at radius 3 is 2.21 bits per heavy atom. The summed E-state index contributed by atoms with van der Waals surface area (Å²) in [4.78, 5) is 26.7. The summed E-state index contributed by atoms with van der Waals surface area (Å²) in [6.07, 6.45) is 5.51. The van der Waals surface area contributed by atoms with Gasteiger partial charge < -0.3 is 15.5 Å². The van der Waals surface area contributed by atoms with E-state index in [0.717, 1.165) is 24.1 Å². The number of hydrogen-bond acceptors (Lipinski definition) is 3. The van der Waals surface area contributed by atoms with Crippen LogP contribution in [-0.4, -0.2) is 41.9 Å². The van der Waals surface area contributed by atoms with E-state index in [-0.39, 0.29) is 29.6 Å². The molecule has 2 N–H and O–H groups in total. The number of carbonyl (C=O) groups excluding carboxylic acids is 2. The number of carbonyl (C=O) groups is 2. The Hall–Kier alpha value is -1.59. The average Bonchev–Trinajstić information content (AvgIpc) is 2.92. The van der Waals surface area contributed by atoms with Gasteiger partial charge in [-0.05, 0) is 48.8 Å². The second kappa shape index (κ2) is 9.27. The highest BCUT2D eigenvalue weighted by molar-refractivity contribution is 5.91. The van der Waals surface area contributed by atoms with E-state index >= 15 is 0 Å². The highest BCUT2D eigenvalue weighted by Gasteiger charge is 2.36. The van der Waals surface area contributed by atoms with Crippen LogP contribution in [-0.2, 0) is 16.0 Å². The molecule has 0 aliphatic carbocycles. The molecular weight excluding hydrogens is 374 g/mol. The fraction of sp³-hybridized carbons (Fsp3) is 0.636. The molecule has 3 rings (SSSR count). The van der Waals surface area contributed by atoms with E-state index in [2.05, 4.69) is 10.6 Å². The maximum atomic E-state index is 12.7. The van der Waals surface area contributed by atoms with E-state index in [0.29, 0.717) is 31.0 Å². The highest BCUT2D eigenvalue weighted by atomic mass is 35.5. The number of rotatable bonds is 5. The molecule has 2 fully saturated rings. The fourth-order valence-electron chi connectivity index (χ4n) is 4.24. The van der Waals surface area contributed by atoms with E-state index in [1.807, 2.05) is 57.0 Å². The van der Waals surface area contributed by atoms with Gasteiger partial charge in [0.2, 0.25) is 11.8 Å². The number of anilines is 1. The molecule has 156 valence electrons. The molecule has 2 unspecified atom stereocenters. The summed E-state index contributed by atoms with van der Waals surface area (Å²) in [5.41, 5.74) is 1.73. The standard InChI is InChI=1S/C22H33N3O2.ClH/c1-22(2,3)14-20(26)24-16-7-5-15(6-8-16)11-21(27)25(4)19-12-17-9-10-18(13-19)23-17;/h5-8,17-19,23H,9-14H2,1-4H3,(H,24,26);1H. The summed E-state index contributed by atoms with van der Waals surface area (Å²) in [5, 5.41) is 6.56. The smallest absolute Gasteiger partial charge is 0.226 e. The van der Waals surface area contributed by atoms with Gasteiger partial charge in [-0.1, -0.05) is 32.9 Å². The first kappa shape index (κ1) is 22.7. The van der Waals surface area contributed by atoms with Crippen molar-refractivity contribution in [2.45, 2.75) is 77.4 Å². The third-order valence-corrected chi connectivity index (χ3v) is 5.67. The van der Waals surface area contributed by atoms with Gasteiger partial charge in [-0.25, -0.2) is 0 Å². The van der Waals surface area contributed by atoms with E-state index in [1.54, 1.807) is 0 Å². The molecule has 5 nitrogen and oxygen atoms in total. The zero-order valence-corrected chi connectivity index (χ0v) is 18.3. The van der Waals surface area contributed by atoms with Crippen LogP contribution in [0.4, 0.5) is 5.69 Å². The second-order valence-electron chi connectivity index (χ2n) is 9.43. The lowest BCUT2D eigenvalue weighted by molar-refractivity contribution is -0.132. The van der Waals surface area contributed by atoms with Crippen LogP contribution in [0.15, 0.2) is 24.3 Å². The van der Waals surface area contributed by atoms with Crippen molar-refractivity contribution < 1.29 is 9.59 Å². The summed E-state index contributed by atoms with van der Waals surface area (Å²) in [7, 11) is 1.94. The largest absolute Gasteiger partial charge is 0.342 e. The first-order chi connectivity index (χ1) is 12.7. The molecule has 0 saturated carbocycles. The van der Waals surface area contributed by atoms with Crippen LogP contribution < -0.4 is 10.6 Å². The van der Waals surface area contributed by atoms with Gasteiger partial charge in [-0.15, -0.1) is 12.4 Å². The van der Waals surface area contributed by atoms with Crippen molar-refractivity contribution in [2.24, 2.45) is 5.41 Å². The summed E-state index contributed by atoms with van der Waals surface area (Å²) in [6.45, 7) is 6.14. The van der Waals surface area contributed by atoms with Crippen molar-refractivity contribution in [1.29, 1.82) is 0 Å². The molecule has 2 amide bonds. The van der Waals surface area contributed by atoms with Crippen LogP contribution in [0.1, 0.15) is 58.4 Å².